The van der Waals surface area contributed by atoms with E-state index in [0.717, 1.165) is 10.9 Å². The van der Waals surface area contributed by atoms with Gasteiger partial charge in [0.1, 0.15) is 5.03 Å². The third kappa shape index (κ3) is 0.801. The highest BCUT2D eigenvalue weighted by atomic mass is 32.2. The zero-order valence-electron chi connectivity index (χ0n) is 4.57. The summed E-state index contributed by atoms with van der Waals surface area (Å²) < 4.78 is 0. The largest absolute Gasteiger partial charge is 0.377 e. The van der Waals surface area contributed by atoms with Gasteiger partial charge in [0.05, 0.1) is 5.88 Å². The van der Waals surface area contributed by atoms with Crippen LogP contribution in [-0.4, -0.2) is 16.1 Å². The number of thioether (sulfide) groups is 2. The van der Waals surface area contributed by atoms with Crippen LogP contribution in [0.25, 0.3) is 0 Å². The Hall–Kier alpha value is -0.290. The fourth-order valence-electron chi connectivity index (χ4n) is 0.705. The van der Waals surface area contributed by atoms with E-state index < -0.39 is 0 Å². The van der Waals surface area contributed by atoms with Crippen molar-refractivity contribution in [2.24, 2.45) is 10.8 Å². The second-order valence-corrected chi connectivity index (χ2v) is 3.56. The van der Waals surface area contributed by atoms with E-state index in [1.54, 1.807) is 11.8 Å². The molecule has 0 aromatic rings. The van der Waals surface area contributed by atoms with Crippen LogP contribution in [-0.2, 0) is 0 Å². The predicted molar refractivity (Wildman–Crippen MR) is 41.6 cm³/mol. The molecule has 48 valence electrons. The number of hydrogen-bond acceptors (Lipinski definition) is 5. The number of amidine groups is 1. The quantitative estimate of drug-likeness (QED) is 0.567. The summed E-state index contributed by atoms with van der Waals surface area (Å²) >= 11 is 3.28. The van der Waals surface area contributed by atoms with Gasteiger partial charge in [0.15, 0.2) is 5.17 Å². The average Bonchev–Trinajstić information content (AvgIpc) is 2.22. The summed E-state index contributed by atoms with van der Waals surface area (Å²) in [6.45, 7) is 0. The molecule has 2 N–H and O–H groups in total. The third-order valence-electron chi connectivity index (χ3n) is 1.06. The molecule has 0 aliphatic carbocycles. The van der Waals surface area contributed by atoms with Crippen molar-refractivity contribution in [2.75, 3.05) is 5.88 Å². The first-order chi connectivity index (χ1) is 4.36. The molecule has 0 radical (unpaired) electrons. The van der Waals surface area contributed by atoms with Crippen LogP contribution < -0.4 is 5.73 Å². The average molecular weight is 159 g/mol. The second-order valence-electron chi connectivity index (χ2n) is 1.69. The summed E-state index contributed by atoms with van der Waals surface area (Å²) in [6, 6.07) is 0. The molecule has 3 nitrogen and oxygen atoms in total. The fourth-order valence-corrected chi connectivity index (χ4v) is 2.42. The fraction of sp³-hybridized carbons (Fsp3) is 0.250. The lowest BCUT2D eigenvalue weighted by Gasteiger charge is -2.03. The number of nitrogens with two attached hydrogens (primary N) is 1. The molecular formula is C4H5N3S2. The van der Waals surface area contributed by atoms with Gasteiger partial charge in [0.2, 0.25) is 0 Å². The molecular weight excluding hydrogens is 154 g/mol. The molecule has 0 amide bonds. The lowest BCUT2D eigenvalue weighted by Crippen LogP contribution is -2.06. The summed E-state index contributed by atoms with van der Waals surface area (Å²) in [4.78, 5) is 0. The lowest BCUT2D eigenvalue weighted by atomic mass is 10.9. The monoisotopic (exact) mass is 159 g/mol. The molecule has 2 aliphatic heterocycles. The van der Waals surface area contributed by atoms with Gasteiger partial charge in [-0.25, -0.2) is 5.01 Å². The molecule has 0 spiro atoms. The minimum atomic E-state index is 0.654. The summed E-state index contributed by atoms with van der Waals surface area (Å²) in [7, 11) is 0. The van der Waals surface area contributed by atoms with Crippen molar-refractivity contribution in [3.63, 3.8) is 0 Å². The topological polar surface area (TPSA) is 41.6 Å². The van der Waals surface area contributed by atoms with Crippen LogP contribution in [0.1, 0.15) is 0 Å². The molecule has 0 aromatic heterocycles. The highest BCUT2D eigenvalue weighted by Gasteiger charge is 2.22. The minimum Gasteiger partial charge on any atom is -0.377 e. The SMILES string of the molecule is NC1=NN2CSC=C2S1. The van der Waals surface area contributed by atoms with Crippen molar-refractivity contribution in [1.29, 1.82) is 0 Å². The molecule has 0 aromatic carbocycles. The van der Waals surface area contributed by atoms with Crippen molar-refractivity contribution in [1.82, 2.24) is 5.01 Å². The van der Waals surface area contributed by atoms with Crippen LogP contribution in [0.5, 0.6) is 0 Å². The Balaban J connectivity index is 2.26. The molecule has 2 heterocycles. The Morgan fingerprint density at radius 3 is 3.44 bits per heavy atom. The first-order valence-electron chi connectivity index (χ1n) is 2.47. The van der Waals surface area contributed by atoms with Crippen LogP contribution >= 0.6 is 23.5 Å². The van der Waals surface area contributed by atoms with E-state index in [1.807, 2.05) is 5.01 Å². The molecule has 0 unspecified atom stereocenters. The minimum absolute atomic E-state index is 0.654. The van der Waals surface area contributed by atoms with Gasteiger partial charge < -0.3 is 5.73 Å². The first-order valence-corrected chi connectivity index (χ1v) is 4.34. The van der Waals surface area contributed by atoms with Crippen molar-refractivity contribution < 1.29 is 0 Å². The summed E-state index contributed by atoms with van der Waals surface area (Å²) in [6.07, 6.45) is 0. The Morgan fingerprint density at radius 2 is 2.67 bits per heavy atom. The number of nitrogens with zero attached hydrogens (tertiary/aromatic N) is 2. The third-order valence-corrected chi connectivity index (χ3v) is 2.83. The molecule has 0 fully saturated rings. The lowest BCUT2D eigenvalue weighted by molar-refractivity contribution is 0.476. The van der Waals surface area contributed by atoms with E-state index in [1.165, 1.54) is 11.8 Å². The van der Waals surface area contributed by atoms with Crippen LogP contribution in [0.2, 0.25) is 0 Å². The van der Waals surface area contributed by atoms with Crippen LogP contribution in [0, 0.1) is 0 Å². The van der Waals surface area contributed by atoms with Gasteiger partial charge in [0, 0.05) is 5.41 Å². The van der Waals surface area contributed by atoms with Crippen molar-refractivity contribution in [2.45, 2.75) is 0 Å². The summed E-state index contributed by atoms with van der Waals surface area (Å²) in [5, 5.41) is 9.86. The summed E-state index contributed by atoms with van der Waals surface area (Å²) in [5.74, 6) is 0.920. The van der Waals surface area contributed by atoms with E-state index in [9.17, 15) is 0 Å². The van der Waals surface area contributed by atoms with Gasteiger partial charge >= 0.3 is 0 Å². The number of fused-ring (bicyclic) bond motifs is 1. The normalized spacial score (nSPS) is 23.8. The smallest absolute Gasteiger partial charge is 0.184 e. The van der Waals surface area contributed by atoms with E-state index in [-0.39, 0.29) is 0 Å². The van der Waals surface area contributed by atoms with Crippen LogP contribution in [0.15, 0.2) is 15.5 Å². The maximum absolute atomic E-state index is 5.45. The Morgan fingerprint density at radius 1 is 1.78 bits per heavy atom. The summed E-state index contributed by atoms with van der Waals surface area (Å²) in [5.41, 5.74) is 5.45. The Kier molecular flexibility index (Phi) is 1.13. The molecule has 0 saturated heterocycles. The Labute approximate surface area is 61.3 Å². The molecule has 0 bridgehead atoms. The second kappa shape index (κ2) is 1.85. The standard InChI is InChI=1S/C4H5N3S2/c5-4-6-7-2-8-1-3(7)9-4/h1H,2H2,(H2,5,6). The molecule has 9 heavy (non-hydrogen) atoms. The van der Waals surface area contributed by atoms with Gasteiger partial charge in [-0.05, 0) is 11.8 Å². The van der Waals surface area contributed by atoms with E-state index >= 15 is 0 Å². The number of rotatable bonds is 0. The van der Waals surface area contributed by atoms with Crippen molar-refractivity contribution in [3.8, 4) is 0 Å². The molecule has 0 saturated carbocycles. The molecule has 5 heteroatoms. The van der Waals surface area contributed by atoms with E-state index in [2.05, 4.69) is 10.5 Å². The highest BCUT2D eigenvalue weighted by Crippen LogP contribution is 2.36. The predicted octanol–water partition coefficient (Wildman–Crippen LogP) is 0.768. The maximum Gasteiger partial charge on any atom is 0.184 e. The van der Waals surface area contributed by atoms with Gasteiger partial charge in [-0.15, -0.1) is 16.9 Å². The van der Waals surface area contributed by atoms with Gasteiger partial charge in [-0.3, -0.25) is 0 Å². The van der Waals surface area contributed by atoms with E-state index in [0.29, 0.717) is 5.17 Å². The van der Waals surface area contributed by atoms with Gasteiger partial charge in [-0.1, -0.05) is 0 Å². The van der Waals surface area contributed by atoms with E-state index in [4.69, 9.17) is 5.73 Å². The van der Waals surface area contributed by atoms with Crippen LogP contribution in [0.4, 0.5) is 0 Å². The zero-order valence-corrected chi connectivity index (χ0v) is 6.21. The van der Waals surface area contributed by atoms with Gasteiger partial charge in [-0.2, -0.15) is 0 Å². The molecule has 2 aliphatic rings. The zero-order chi connectivity index (χ0) is 6.27. The number of hydrazone groups is 1. The van der Waals surface area contributed by atoms with Crippen molar-refractivity contribution >= 4 is 28.7 Å². The van der Waals surface area contributed by atoms with Crippen LogP contribution in [0.3, 0.4) is 0 Å². The maximum atomic E-state index is 5.45. The van der Waals surface area contributed by atoms with Crippen molar-refractivity contribution in [3.05, 3.63) is 10.4 Å². The number of hydrogen-bond donors (Lipinski definition) is 1. The molecule has 0 atom stereocenters. The first kappa shape index (κ1) is 5.49. The molecule has 2 rings (SSSR count). The highest BCUT2D eigenvalue weighted by molar-refractivity contribution is 8.18. The Bertz CT molecular complexity index is 198. The van der Waals surface area contributed by atoms with Gasteiger partial charge in [0.25, 0.3) is 0 Å².